The summed E-state index contributed by atoms with van der Waals surface area (Å²) in [6.07, 6.45) is 2.88. The number of hydrogen-bond acceptors (Lipinski definition) is 5. The summed E-state index contributed by atoms with van der Waals surface area (Å²) in [6, 6.07) is 12.3. The Hall–Kier alpha value is -2.26. The maximum atomic E-state index is 13.5. The van der Waals surface area contributed by atoms with Crippen molar-refractivity contribution in [2.24, 2.45) is 0 Å². The molecule has 151 valence electrons. The van der Waals surface area contributed by atoms with Crippen molar-refractivity contribution in [1.82, 2.24) is 9.97 Å². The van der Waals surface area contributed by atoms with E-state index in [1.165, 1.54) is 18.3 Å². The molecule has 0 aliphatic rings. The minimum Gasteiger partial charge on any atom is -0.378 e. The SMILES string of the molecule is CN(C)c1ccnc(-c2[c-]cc(F)cc2F)c1.O=S(=O)(O)c1ccccn1.[Ir]. The zero-order chi connectivity index (χ0) is 20.0. The van der Waals surface area contributed by atoms with Gasteiger partial charge in [0.15, 0.2) is 5.03 Å². The first kappa shape index (κ1) is 23.8. The molecule has 1 aromatic carbocycles. The van der Waals surface area contributed by atoms with Gasteiger partial charge in [-0.25, -0.2) is 4.98 Å². The Kier molecular flexibility index (Phi) is 8.77. The molecule has 0 atom stereocenters. The van der Waals surface area contributed by atoms with E-state index in [9.17, 15) is 17.2 Å². The molecule has 0 fully saturated rings. The Balaban J connectivity index is 0.000000307. The Morgan fingerprint density at radius 1 is 1.07 bits per heavy atom. The third kappa shape index (κ3) is 6.72. The molecule has 3 aromatic rings. The fourth-order valence-corrected chi connectivity index (χ4v) is 2.42. The Morgan fingerprint density at radius 2 is 1.79 bits per heavy atom. The second-order valence-electron chi connectivity index (χ2n) is 5.48. The van der Waals surface area contributed by atoms with Crippen LogP contribution in [0.1, 0.15) is 0 Å². The van der Waals surface area contributed by atoms with Crippen molar-refractivity contribution >= 4 is 15.8 Å². The van der Waals surface area contributed by atoms with Gasteiger partial charge < -0.3 is 9.88 Å². The Morgan fingerprint density at radius 3 is 2.29 bits per heavy atom. The molecule has 0 saturated heterocycles. The van der Waals surface area contributed by atoms with E-state index in [0.29, 0.717) is 5.69 Å². The van der Waals surface area contributed by atoms with E-state index in [2.05, 4.69) is 16.0 Å². The van der Waals surface area contributed by atoms with Gasteiger partial charge in [0.25, 0.3) is 0 Å². The number of hydrogen-bond donors (Lipinski definition) is 1. The molecule has 0 unspecified atom stereocenters. The topological polar surface area (TPSA) is 83.4 Å². The summed E-state index contributed by atoms with van der Waals surface area (Å²) < 4.78 is 55.4. The zero-order valence-electron chi connectivity index (χ0n) is 14.8. The van der Waals surface area contributed by atoms with Gasteiger partial charge in [-0.15, -0.1) is 12.1 Å². The fourth-order valence-electron chi connectivity index (χ4n) is 1.98. The first-order chi connectivity index (χ1) is 12.7. The number of rotatable bonds is 3. The number of benzene rings is 1. The van der Waals surface area contributed by atoms with E-state index in [-0.39, 0.29) is 30.7 Å². The van der Waals surface area contributed by atoms with Crippen LogP contribution in [-0.4, -0.2) is 37.0 Å². The minimum absolute atomic E-state index is 0. The smallest absolute Gasteiger partial charge is 0.312 e. The van der Waals surface area contributed by atoms with Crippen LogP contribution in [0.2, 0.25) is 0 Å². The molecule has 2 aromatic heterocycles. The molecule has 0 bridgehead atoms. The summed E-state index contributed by atoms with van der Waals surface area (Å²) in [5, 5.41) is -0.324. The van der Waals surface area contributed by atoms with Crippen molar-refractivity contribution in [1.29, 1.82) is 0 Å². The van der Waals surface area contributed by atoms with Crippen LogP contribution in [-0.2, 0) is 30.2 Å². The van der Waals surface area contributed by atoms with Crippen molar-refractivity contribution in [2.45, 2.75) is 5.03 Å². The Labute approximate surface area is 175 Å². The van der Waals surface area contributed by atoms with Crippen LogP contribution in [0.15, 0.2) is 59.9 Å². The monoisotopic (exact) mass is 585 g/mol. The summed E-state index contributed by atoms with van der Waals surface area (Å²) in [4.78, 5) is 9.36. The molecule has 2 heterocycles. The molecular weight excluding hydrogens is 568 g/mol. The number of aromatic nitrogens is 2. The summed E-state index contributed by atoms with van der Waals surface area (Å²) in [7, 11) is -0.356. The van der Waals surface area contributed by atoms with E-state index >= 15 is 0 Å². The second-order valence-corrected chi connectivity index (χ2v) is 6.85. The largest absolute Gasteiger partial charge is 0.378 e. The first-order valence-corrected chi connectivity index (χ1v) is 9.01. The van der Waals surface area contributed by atoms with Gasteiger partial charge in [0, 0.05) is 63.9 Å². The summed E-state index contributed by atoms with van der Waals surface area (Å²) in [6.45, 7) is 0. The van der Waals surface area contributed by atoms with Crippen LogP contribution in [0.4, 0.5) is 14.5 Å². The van der Waals surface area contributed by atoms with Crippen LogP contribution >= 0.6 is 0 Å². The quantitative estimate of drug-likeness (QED) is 0.376. The van der Waals surface area contributed by atoms with Crippen molar-refractivity contribution in [3.63, 3.8) is 0 Å². The van der Waals surface area contributed by atoms with E-state index in [1.807, 2.05) is 25.1 Å². The van der Waals surface area contributed by atoms with Gasteiger partial charge in [0.2, 0.25) is 0 Å². The molecule has 0 aliphatic carbocycles. The number of nitrogens with zero attached hydrogens (tertiary/aromatic N) is 3. The average Bonchev–Trinajstić information content (AvgIpc) is 2.62. The summed E-state index contributed by atoms with van der Waals surface area (Å²) in [5.74, 6) is -1.30. The fraction of sp³-hybridized carbons (Fsp3) is 0.111. The van der Waals surface area contributed by atoms with Gasteiger partial charge in [-0.3, -0.25) is 13.3 Å². The molecule has 10 heteroatoms. The first-order valence-electron chi connectivity index (χ1n) is 7.57. The maximum absolute atomic E-state index is 13.5. The van der Waals surface area contributed by atoms with Crippen LogP contribution in [0.3, 0.4) is 0 Å². The van der Waals surface area contributed by atoms with Crippen LogP contribution < -0.4 is 4.90 Å². The van der Waals surface area contributed by atoms with Crippen LogP contribution in [0.25, 0.3) is 11.3 Å². The standard InChI is InChI=1S/C13H11F2N2.C5H5NO3S.Ir/c1-17(2)10-5-6-16-13(8-10)11-4-3-9(14)7-12(11)15;7-10(8,9)5-3-1-2-4-6-5;/h3,5-8H,1-2H3;1-4H,(H,7,8,9);/q-1;;. The third-order valence-electron chi connectivity index (χ3n) is 3.28. The third-order valence-corrected chi connectivity index (χ3v) is 4.05. The average molecular weight is 585 g/mol. The normalized spacial score (nSPS) is 10.3. The molecule has 1 N–H and O–H groups in total. The molecule has 0 spiro atoms. The van der Waals surface area contributed by atoms with Gasteiger partial charge in [-0.05, 0) is 23.9 Å². The molecule has 6 nitrogen and oxygen atoms in total. The van der Waals surface area contributed by atoms with Crippen molar-refractivity contribution in [3.05, 3.63) is 72.6 Å². The van der Waals surface area contributed by atoms with E-state index < -0.39 is 21.8 Å². The molecule has 0 saturated carbocycles. The molecule has 0 amide bonds. The predicted molar refractivity (Wildman–Crippen MR) is 96.8 cm³/mol. The number of anilines is 1. The van der Waals surface area contributed by atoms with Gasteiger partial charge in [0.1, 0.15) is 0 Å². The molecule has 0 aliphatic heterocycles. The molecule has 28 heavy (non-hydrogen) atoms. The number of halogens is 2. The van der Waals surface area contributed by atoms with Gasteiger partial charge in [-0.2, -0.15) is 8.42 Å². The zero-order valence-corrected chi connectivity index (χ0v) is 18.0. The molecule has 3 rings (SSSR count). The van der Waals surface area contributed by atoms with Crippen molar-refractivity contribution in [2.75, 3.05) is 19.0 Å². The molecule has 1 radical (unpaired) electrons. The van der Waals surface area contributed by atoms with E-state index in [4.69, 9.17) is 4.55 Å². The van der Waals surface area contributed by atoms with Crippen LogP contribution in [0, 0.1) is 17.7 Å². The minimum atomic E-state index is -4.11. The summed E-state index contributed by atoms with van der Waals surface area (Å²) >= 11 is 0. The van der Waals surface area contributed by atoms with Crippen molar-refractivity contribution < 1.29 is 41.9 Å². The van der Waals surface area contributed by atoms with Gasteiger partial charge in [-0.1, -0.05) is 23.8 Å². The van der Waals surface area contributed by atoms with Crippen molar-refractivity contribution in [3.8, 4) is 11.3 Å². The number of pyridine rings is 2. The molecular formula is C18H16F2IrN3O3S-. The Bertz CT molecular complexity index is 1020. The second kappa shape index (κ2) is 10.3. The van der Waals surface area contributed by atoms with E-state index in [0.717, 1.165) is 17.8 Å². The van der Waals surface area contributed by atoms with Crippen LogP contribution in [0.5, 0.6) is 0 Å². The van der Waals surface area contributed by atoms with Gasteiger partial charge >= 0.3 is 10.1 Å². The summed E-state index contributed by atoms with van der Waals surface area (Å²) in [5.41, 5.74) is 1.51. The maximum Gasteiger partial charge on any atom is 0.312 e. The van der Waals surface area contributed by atoms with Gasteiger partial charge in [0.05, 0.1) is 0 Å². The predicted octanol–water partition coefficient (Wildman–Crippen LogP) is 3.22. The van der Waals surface area contributed by atoms with E-state index in [1.54, 1.807) is 18.3 Å².